The Labute approximate surface area is 96.7 Å². The quantitative estimate of drug-likeness (QED) is 0.827. The number of aromatic nitrogens is 3. The molecule has 1 aromatic heterocycles. The first-order chi connectivity index (χ1) is 7.49. The number of aryl methyl sites for hydroxylation is 1. The van der Waals surface area contributed by atoms with Crippen LogP contribution in [0.2, 0.25) is 0 Å². The van der Waals surface area contributed by atoms with Gasteiger partial charge in [-0.1, -0.05) is 25.5 Å². The number of hydrogen-bond donors (Lipinski definition) is 1. The van der Waals surface area contributed by atoms with Crippen molar-refractivity contribution < 1.29 is 5.11 Å². The summed E-state index contributed by atoms with van der Waals surface area (Å²) >= 11 is 0. The van der Waals surface area contributed by atoms with Gasteiger partial charge in [0, 0.05) is 19.7 Å². The first-order valence-corrected chi connectivity index (χ1v) is 6.07. The van der Waals surface area contributed by atoms with Crippen LogP contribution in [0.1, 0.15) is 38.8 Å². The Morgan fingerprint density at radius 2 is 2.25 bits per heavy atom. The highest BCUT2D eigenvalue weighted by Crippen LogP contribution is 2.38. The maximum Gasteiger partial charge on any atom is 0.0855 e. The lowest BCUT2D eigenvalue weighted by atomic mass is 9.70. The molecule has 1 fully saturated rings. The smallest absolute Gasteiger partial charge is 0.0855 e. The Bertz CT molecular complexity index is 363. The van der Waals surface area contributed by atoms with Gasteiger partial charge in [0.05, 0.1) is 11.3 Å². The van der Waals surface area contributed by atoms with Gasteiger partial charge in [0.2, 0.25) is 0 Å². The summed E-state index contributed by atoms with van der Waals surface area (Å²) in [4.78, 5) is 0. The molecule has 3 atom stereocenters. The molecule has 0 bridgehead atoms. The molecule has 4 heteroatoms. The van der Waals surface area contributed by atoms with E-state index in [9.17, 15) is 5.11 Å². The molecule has 1 aliphatic rings. The van der Waals surface area contributed by atoms with Gasteiger partial charge < -0.3 is 5.11 Å². The van der Waals surface area contributed by atoms with Gasteiger partial charge in [0.25, 0.3) is 0 Å². The van der Waals surface area contributed by atoms with E-state index in [-0.39, 0.29) is 0 Å². The molecule has 0 saturated heterocycles. The summed E-state index contributed by atoms with van der Waals surface area (Å²) in [5.41, 5.74) is 0.305. The third kappa shape index (κ3) is 2.26. The summed E-state index contributed by atoms with van der Waals surface area (Å²) in [6.07, 6.45) is 5.74. The first-order valence-electron chi connectivity index (χ1n) is 6.07. The van der Waals surface area contributed by atoms with Crippen molar-refractivity contribution in [2.75, 3.05) is 0 Å². The number of rotatable bonds is 2. The van der Waals surface area contributed by atoms with Crippen LogP contribution in [0.25, 0.3) is 0 Å². The molecular weight excluding hydrogens is 202 g/mol. The minimum Gasteiger partial charge on any atom is -0.389 e. The van der Waals surface area contributed by atoms with Crippen LogP contribution in [0.15, 0.2) is 6.20 Å². The van der Waals surface area contributed by atoms with Crippen LogP contribution in [-0.4, -0.2) is 25.7 Å². The molecule has 0 spiro atoms. The molecule has 90 valence electrons. The summed E-state index contributed by atoms with van der Waals surface area (Å²) in [6, 6.07) is 0. The molecule has 1 aliphatic carbocycles. The molecule has 1 aromatic rings. The Morgan fingerprint density at radius 3 is 2.88 bits per heavy atom. The summed E-state index contributed by atoms with van der Waals surface area (Å²) in [5, 5.41) is 18.7. The Balaban J connectivity index is 2.11. The van der Waals surface area contributed by atoms with E-state index in [4.69, 9.17) is 0 Å². The maximum absolute atomic E-state index is 10.7. The van der Waals surface area contributed by atoms with Gasteiger partial charge in [-0.25, -0.2) is 0 Å². The normalized spacial score (nSPS) is 35.2. The fourth-order valence-corrected chi connectivity index (χ4v) is 2.75. The second-order valence-corrected chi connectivity index (χ2v) is 5.45. The van der Waals surface area contributed by atoms with E-state index in [0.29, 0.717) is 18.3 Å². The number of aliphatic hydroxyl groups is 1. The van der Waals surface area contributed by atoms with Gasteiger partial charge in [-0.2, -0.15) is 0 Å². The maximum atomic E-state index is 10.7. The SMILES string of the molecule is CC1CCC(C)C(O)(Cc2cn(C)nn2)C1. The summed E-state index contributed by atoms with van der Waals surface area (Å²) in [5.74, 6) is 0.962. The highest BCUT2D eigenvalue weighted by atomic mass is 16.3. The molecule has 0 aromatic carbocycles. The second kappa shape index (κ2) is 4.17. The molecule has 0 radical (unpaired) electrons. The molecule has 1 N–H and O–H groups in total. The van der Waals surface area contributed by atoms with E-state index in [2.05, 4.69) is 24.2 Å². The van der Waals surface area contributed by atoms with Crippen LogP contribution < -0.4 is 0 Å². The predicted octanol–water partition coefficient (Wildman–Crippen LogP) is 1.54. The van der Waals surface area contributed by atoms with Crippen LogP contribution in [0.4, 0.5) is 0 Å². The van der Waals surface area contributed by atoms with E-state index in [0.717, 1.165) is 18.5 Å². The zero-order valence-electron chi connectivity index (χ0n) is 10.3. The fourth-order valence-electron chi connectivity index (χ4n) is 2.75. The molecule has 3 unspecified atom stereocenters. The fraction of sp³-hybridized carbons (Fsp3) is 0.833. The Hall–Kier alpha value is -0.900. The van der Waals surface area contributed by atoms with Crippen molar-refractivity contribution in [3.63, 3.8) is 0 Å². The van der Waals surface area contributed by atoms with Crippen LogP contribution in [0.5, 0.6) is 0 Å². The molecule has 0 amide bonds. The lowest BCUT2D eigenvalue weighted by Gasteiger charge is -2.40. The molecule has 4 nitrogen and oxygen atoms in total. The lowest BCUT2D eigenvalue weighted by Crippen LogP contribution is -2.43. The lowest BCUT2D eigenvalue weighted by molar-refractivity contribution is -0.0566. The third-order valence-electron chi connectivity index (χ3n) is 3.85. The topological polar surface area (TPSA) is 50.9 Å². The van der Waals surface area contributed by atoms with Crippen molar-refractivity contribution in [1.82, 2.24) is 15.0 Å². The summed E-state index contributed by atoms with van der Waals surface area (Å²) in [6.45, 7) is 4.36. The zero-order valence-corrected chi connectivity index (χ0v) is 10.3. The summed E-state index contributed by atoms with van der Waals surface area (Å²) < 4.78 is 1.69. The van der Waals surface area contributed by atoms with Gasteiger partial charge in [0.15, 0.2) is 0 Å². The average Bonchev–Trinajstić information content (AvgIpc) is 2.58. The van der Waals surface area contributed by atoms with Crippen LogP contribution in [-0.2, 0) is 13.5 Å². The van der Waals surface area contributed by atoms with Gasteiger partial charge in [-0.05, 0) is 24.7 Å². The number of nitrogens with zero attached hydrogens (tertiary/aromatic N) is 3. The second-order valence-electron chi connectivity index (χ2n) is 5.45. The minimum absolute atomic E-state index is 0.353. The van der Waals surface area contributed by atoms with Crippen molar-refractivity contribution in [3.05, 3.63) is 11.9 Å². The van der Waals surface area contributed by atoms with Crippen molar-refractivity contribution in [2.24, 2.45) is 18.9 Å². The average molecular weight is 223 g/mol. The number of hydrogen-bond acceptors (Lipinski definition) is 3. The highest BCUT2D eigenvalue weighted by molar-refractivity contribution is 5.03. The predicted molar refractivity (Wildman–Crippen MR) is 61.8 cm³/mol. The molecular formula is C12H21N3O. The van der Waals surface area contributed by atoms with E-state index in [1.54, 1.807) is 4.68 Å². The van der Waals surface area contributed by atoms with E-state index < -0.39 is 5.60 Å². The van der Waals surface area contributed by atoms with Crippen molar-refractivity contribution in [1.29, 1.82) is 0 Å². The minimum atomic E-state index is -0.590. The standard InChI is InChI=1S/C12H21N3O/c1-9-4-5-10(2)12(16,6-9)7-11-8-15(3)14-13-11/h8-10,16H,4-7H2,1-3H3. The zero-order chi connectivity index (χ0) is 11.8. The van der Waals surface area contributed by atoms with E-state index in [1.807, 2.05) is 13.2 Å². The molecule has 16 heavy (non-hydrogen) atoms. The van der Waals surface area contributed by atoms with Crippen LogP contribution in [0, 0.1) is 11.8 Å². The largest absolute Gasteiger partial charge is 0.389 e. The van der Waals surface area contributed by atoms with Gasteiger partial charge in [0.1, 0.15) is 0 Å². The monoisotopic (exact) mass is 223 g/mol. The Morgan fingerprint density at radius 1 is 1.50 bits per heavy atom. The third-order valence-corrected chi connectivity index (χ3v) is 3.85. The van der Waals surface area contributed by atoms with E-state index >= 15 is 0 Å². The Kier molecular flexibility index (Phi) is 3.02. The van der Waals surface area contributed by atoms with Gasteiger partial charge in [-0.3, -0.25) is 4.68 Å². The molecule has 1 heterocycles. The van der Waals surface area contributed by atoms with Crippen LogP contribution in [0.3, 0.4) is 0 Å². The highest BCUT2D eigenvalue weighted by Gasteiger charge is 2.39. The molecule has 1 saturated carbocycles. The molecule has 0 aliphatic heterocycles. The van der Waals surface area contributed by atoms with Crippen molar-refractivity contribution in [3.8, 4) is 0 Å². The van der Waals surface area contributed by atoms with Crippen LogP contribution >= 0.6 is 0 Å². The molecule has 2 rings (SSSR count). The van der Waals surface area contributed by atoms with E-state index in [1.165, 1.54) is 6.42 Å². The van der Waals surface area contributed by atoms with Crippen molar-refractivity contribution >= 4 is 0 Å². The van der Waals surface area contributed by atoms with Crippen molar-refractivity contribution in [2.45, 2.75) is 45.1 Å². The van der Waals surface area contributed by atoms with Gasteiger partial charge in [-0.15, -0.1) is 5.10 Å². The summed E-state index contributed by atoms with van der Waals surface area (Å²) in [7, 11) is 1.85. The van der Waals surface area contributed by atoms with Gasteiger partial charge >= 0.3 is 0 Å². The first kappa shape index (κ1) is 11.6.